The van der Waals surface area contributed by atoms with Crippen molar-refractivity contribution in [2.75, 3.05) is 11.9 Å². The predicted molar refractivity (Wildman–Crippen MR) is 144 cm³/mol. The van der Waals surface area contributed by atoms with Crippen molar-refractivity contribution in [3.05, 3.63) is 89.7 Å². The van der Waals surface area contributed by atoms with Crippen molar-refractivity contribution in [2.45, 2.75) is 44.0 Å². The molecule has 1 unspecified atom stereocenters. The molecule has 0 bridgehead atoms. The highest BCUT2D eigenvalue weighted by molar-refractivity contribution is 7.90. The van der Waals surface area contributed by atoms with Crippen LogP contribution in [0.3, 0.4) is 0 Å². The van der Waals surface area contributed by atoms with Crippen molar-refractivity contribution >= 4 is 33.6 Å². The number of nitrogens with one attached hydrogen (secondary N) is 4. The summed E-state index contributed by atoms with van der Waals surface area (Å²) in [6, 6.07) is 14.5. The number of anilines is 1. The third kappa shape index (κ3) is 8.41. The first-order chi connectivity index (χ1) is 18.2. The number of unbranched alkanes of at least 4 members (excludes halogenated alkanes) is 1. The lowest BCUT2D eigenvalue weighted by molar-refractivity contribution is -0.120. The molecule has 1 heterocycles. The predicted octanol–water partition coefficient (Wildman–Crippen LogP) is 3.68. The number of pyridine rings is 1. The number of hydrogen-bond acceptors (Lipinski definition) is 6. The fourth-order valence-corrected chi connectivity index (χ4v) is 4.52. The fraction of sp³-hybridized carbons (Fsp3) is 0.259. The standard InChI is InChI=1S/C27H31N5O5S/c1-3-4-10-24(21-8-6-15-28-17-21)31-25(33)18-29-26(34)20-7-5-9-22(16-20)30-27(35)32-38(36,37)23-13-11-19(2)12-14-23/h5-9,11-17,24H,3-4,10,18H2,1-2H3,(H,29,34)(H,31,33)(H2,30,32,35). The number of amides is 4. The summed E-state index contributed by atoms with van der Waals surface area (Å²) in [6.45, 7) is 3.64. The average Bonchev–Trinajstić information content (AvgIpc) is 2.90. The van der Waals surface area contributed by atoms with Crippen LogP contribution in [0.2, 0.25) is 0 Å². The molecule has 4 amide bonds. The number of sulfonamides is 1. The first-order valence-corrected chi connectivity index (χ1v) is 13.6. The van der Waals surface area contributed by atoms with E-state index in [9.17, 15) is 22.8 Å². The Morgan fingerprint density at radius 3 is 2.45 bits per heavy atom. The Kier molecular flexibility index (Phi) is 9.94. The van der Waals surface area contributed by atoms with Crippen LogP contribution in [0.5, 0.6) is 0 Å². The molecule has 200 valence electrons. The number of benzene rings is 2. The summed E-state index contributed by atoms with van der Waals surface area (Å²) in [5.41, 5.74) is 2.16. The molecule has 0 aliphatic heterocycles. The molecule has 1 atom stereocenters. The lowest BCUT2D eigenvalue weighted by atomic mass is 10.0. The van der Waals surface area contributed by atoms with Gasteiger partial charge in [-0.05, 0) is 55.3 Å². The number of nitrogens with zero attached hydrogens (tertiary/aromatic N) is 1. The largest absolute Gasteiger partial charge is 0.348 e. The highest BCUT2D eigenvalue weighted by Gasteiger charge is 2.18. The molecule has 4 N–H and O–H groups in total. The molecule has 0 spiro atoms. The zero-order valence-electron chi connectivity index (χ0n) is 21.2. The third-order valence-electron chi connectivity index (χ3n) is 5.62. The summed E-state index contributed by atoms with van der Waals surface area (Å²) >= 11 is 0. The first-order valence-electron chi connectivity index (χ1n) is 12.2. The third-order valence-corrected chi connectivity index (χ3v) is 6.97. The topological polar surface area (TPSA) is 146 Å². The van der Waals surface area contributed by atoms with Gasteiger partial charge >= 0.3 is 6.03 Å². The minimum absolute atomic E-state index is 0.0508. The van der Waals surface area contributed by atoms with Crippen LogP contribution in [-0.2, 0) is 14.8 Å². The number of rotatable bonds is 11. The normalized spacial score (nSPS) is 11.7. The van der Waals surface area contributed by atoms with Crippen molar-refractivity contribution in [3.8, 4) is 0 Å². The van der Waals surface area contributed by atoms with E-state index >= 15 is 0 Å². The molecule has 0 aliphatic carbocycles. The van der Waals surface area contributed by atoms with E-state index in [-0.39, 0.29) is 34.6 Å². The maximum atomic E-state index is 12.6. The first kappa shape index (κ1) is 28.3. The summed E-state index contributed by atoms with van der Waals surface area (Å²) in [5.74, 6) is -0.874. The molecular weight excluding hydrogens is 506 g/mol. The molecule has 0 fully saturated rings. The van der Waals surface area contributed by atoms with E-state index < -0.39 is 22.0 Å². The van der Waals surface area contributed by atoms with Crippen LogP contribution in [0, 0.1) is 6.92 Å². The SMILES string of the molecule is CCCCC(NC(=O)CNC(=O)c1cccc(NC(=O)NS(=O)(=O)c2ccc(C)cc2)c1)c1cccnc1. The Morgan fingerprint density at radius 1 is 1.00 bits per heavy atom. The zero-order chi connectivity index (χ0) is 27.5. The number of aromatic nitrogens is 1. The Labute approximate surface area is 222 Å². The number of carbonyl (C=O) groups excluding carboxylic acids is 3. The average molecular weight is 538 g/mol. The van der Waals surface area contributed by atoms with Gasteiger partial charge in [0.25, 0.3) is 15.9 Å². The molecule has 0 aliphatic rings. The Hall–Kier alpha value is -4.25. The van der Waals surface area contributed by atoms with E-state index in [2.05, 4.69) is 27.9 Å². The second-order valence-corrected chi connectivity index (χ2v) is 10.4. The van der Waals surface area contributed by atoms with Gasteiger partial charge < -0.3 is 16.0 Å². The highest BCUT2D eigenvalue weighted by Crippen LogP contribution is 2.18. The van der Waals surface area contributed by atoms with Crippen molar-refractivity contribution in [3.63, 3.8) is 0 Å². The maximum absolute atomic E-state index is 12.6. The molecule has 1 aromatic heterocycles. The maximum Gasteiger partial charge on any atom is 0.333 e. The lowest BCUT2D eigenvalue weighted by Gasteiger charge is -2.19. The zero-order valence-corrected chi connectivity index (χ0v) is 22.0. The monoisotopic (exact) mass is 537 g/mol. The van der Waals surface area contributed by atoms with Crippen molar-refractivity contribution in [1.82, 2.24) is 20.3 Å². The van der Waals surface area contributed by atoms with Gasteiger partial charge in [0.2, 0.25) is 5.91 Å². The van der Waals surface area contributed by atoms with Crippen molar-refractivity contribution < 1.29 is 22.8 Å². The van der Waals surface area contributed by atoms with E-state index in [0.717, 1.165) is 30.4 Å². The van der Waals surface area contributed by atoms with Gasteiger partial charge in [-0.1, -0.05) is 49.6 Å². The van der Waals surface area contributed by atoms with Gasteiger partial charge in [-0.25, -0.2) is 17.9 Å². The minimum Gasteiger partial charge on any atom is -0.348 e. The Balaban J connectivity index is 1.55. The molecule has 2 aromatic carbocycles. The minimum atomic E-state index is -4.07. The van der Waals surface area contributed by atoms with Crippen LogP contribution in [-0.4, -0.2) is 37.8 Å². The summed E-state index contributed by atoms with van der Waals surface area (Å²) < 4.78 is 26.8. The van der Waals surface area contributed by atoms with Gasteiger partial charge in [-0.3, -0.25) is 14.6 Å². The van der Waals surface area contributed by atoms with E-state index in [0.29, 0.717) is 0 Å². The smallest absolute Gasteiger partial charge is 0.333 e. The summed E-state index contributed by atoms with van der Waals surface area (Å²) in [4.78, 5) is 41.5. The molecule has 0 saturated carbocycles. The summed E-state index contributed by atoms with van der Waals surface area (Å²) in [6.07, 6.45) is 6.02. The van der Waals surface area contributed by atoms with E-state index in [1.165, 1.54) is 36.4 Å². The number of hydrogen-bond donors (Lipinski definition) is 4. The van der Waals surface area contributed by atoms with E-state index in [1.807, 2.05) is 17.7 Å². The molecule has 38 heavy (non-hydrogen) atoms. The van der Waals surface area contributed by atoms with Gasteiger partial charge in [0.05, 0.1) is 17.5 Å². The van der Waals surface area contributed by atoms with Crippen LogP contribution in [0.4, 0.5) is 10.5 Å². The molecule has 0 saturated heterocycles. The molecule has 3 aromatic rings. The fourth-order valence-electron chi connectivity index (χ4n) is 3.61. The second-order valence-electron chi connectivity index (χ2n) is 8.68. The molecular formula is C27H31N5O5S. The van der Waals surface area contributed by atoms with Crippen molar-refractivity contribution in [2.24, 2.45) is 0 Å². The molecule has 3 rings (SSSR count). The molecule has 0 radical (unpaired) electrons. The number of urea groups is 1. The molecule has 10 nitrogen and oxygen atoms in total. The lowest BCUT2D eigenvalue weighted by Crippen LogP contribution is -2.38. The van der Waals surface area contributed by atoms with Gasteiger partial charge in [0.15, 0.2) is 0 Å². The van der Waals surface area contributed by atoms with Crippen molar-refractivity contribution in [1.29, 1.82) is 0 Å². The van der Waals surface area contributed by atoms with Gasteiger partial charge in [0.1, 0.15) is 0 Å². The number of carbonyl (C=O) groups is 3. The van der Waals surface area contributed by atoms with Gasteiger partial charge in [0, 0.05) is 23.6 Å². The second kappa shape index (κ2) is 13.3. The van der Waals surface area contributed by atoms with Crippen LogP contribution in [0.25, 0.3) is 0 Å². The van der Waals surface area contributed by atoms with E-state index in [4.69, 9.17) is 0 Å². The highest BCUT2D eigenvalue weighted by atomic mass is 32.2. The number of aryl methyl sites for hydroxylation is 1. The van der Waals surface area contributed by atoms with Gasteiger partial charge in [-0.15, -0.1) is 0 Å². The van der Waals surface area contributed by atoms with Crippen LogP contribution in [0.15, 0.2) is 78.0 Å². The van der Waals surface area contributed by atoms with E-state index in [1.54, 1.807) is 30.6 Å². The van der Waals surface area contributed by atoms with Crippen LogP contribution >= 0.6 is 0 Å². The van der Waals surface area contributed by atoms with Crippen LogP contribution < -0.4 is 20.7 Å². The molecule has 11 heteroatoms. The summed E-state index contributed by atoms with van der Waals surface area (Å²) in [7, 11) is -4.07. The quantitative estimate of drug-likeness (QED) is 0.293. The summed E-state index contributed by atoms with van der Waals surface area (Å²) in [5, 5.41) is 7.91. The van der Waals surface area contributed by atoms with Gasteiger partial charge in [-0.2, -0.15) is 0 Å². The Bertz CT molecular complexity index is 1360. The Morgan fingerprint density at radius 2 is 1.76 bits per heavy atom. The van der Waals surface area contributed by atoms with Crippen LogP contribution in [0.1, 0.15) is 53.7 Å².